The van der Waals surface area contributed by atoms with Crippen LogP contribution in [0.5, 0.6) is 0 Å². The molecule has 0 amide bonds. The minimum absolute atomic E-state index is 0.0938. The van der Waals surface area contributed by atoms with Gasteiger partial charge in [-0.25, -0.2) is 19.2 Å². The molecule has 0 aromatic heterocycles. The van der Waals surface area contributed by atoms with Crippen molar-refractivity contribution in [2.75, 3.05) is 13.2 Å². The van der Waals surface area contributed by atoms with E-state index >= 15 is 0 Å². The molecular weight excluding hydrogens is 356 g/mol. The Morgan fingerprint density at radius 3 is 0.720 bits per heavy atom. The zero-order valence-corrected chi connectivity index (χ0v) is 12.5. The molecule has 0 saturated heterocycles. The lowest BCUT2D eigenvalue weighted by Crippen LogP contribution is -2.39. The Balaban J connectivity index is -0.000000308. The lowest BCUT2D eigenvalue weighted by Gasteiger charge is -2.07. The highest BCUT2D eigenvalue weighted by Gasteiger charge is 2.30. The second kappa shape index (κ2) is 15.2. The molecule has 25 heavy (non-hydrogen) atoms. The van der Waals surface area contributed by atoms with Gasteiger partial charge in [0.1, 0.15) is 0 Å². The van der Waals surface area contributed by atoms with Gasteiger partial charge in [-0.3, -0.25) is 0 Å². The van der Waals surface area contributed by atoms with Crippen molar-refractivity contribution in [3.63, 3.8) is 0 Å². The summed E-state index contributed by atoms with van der Waals surface area (Å²) < 4.78 is 0. The van der Waals surface area contributed by atoms with Crippen LogP contribution in [0, 0.1) is 0 Å². The predicted octanol–water partition coefficient (Wildman–Crippen LogP) is -4.88. The fourth-order valence-electron chi connectivity index (χ4n) is 0.611. The van der Waals surface area contributed by atoms with Gasteiger partial charge in [-0.15, -0.1) is 0 Å². The van der Waals surface area contributed by atoms with Crippen molar-refractivity contribution in [3.05, 3.63) is 0 Å². The Labute approximate surface area is 139 Å². The van der Waals surface area contributed by atoms with Crippen molar-refractivity contribution >= 4 is 23.9 Å². The molecule has 0 fully saturated rings. The maximum atomic E-state index is 9.77. The van der Waals surface area contributed by atoms with Gasteiger partial charge in [0.05, 0.1) is 0 Å². The average Bonchev–Trinajstić information content (AvgIpc) is 2.53. The second-order valence-corrected chi connectivity index (χ2v) is 3.93. The van der Waals surface area contributed by atoms with Crippen LogP contribution in [-0.2, 0) is 19.2 Å². The van der Waals surface area contributed by atoms with Crippen LogP contribution in [0.2, 0.25) is 0 Å². The summed E-state index contributed by atoms with van der Waals surface area (Å²) in [5, 5.41) is 80.9. The molecule has 0 aliphatic rings. The first-order valence-electron chi connectivity index (χ1n) is 6.20. The number of rotatable bonds is 8. The molecule has 0 rings (SSSR count). The van der Waals surface area contributed by atoms with Crippen LogP contribution in [0.15, 0.2) is 0 Å². The van der Waals surface area contributed by atoms with Gasteiger partial charge < -0.3 is 51.1 Å². The molecule has 4 unspecified atom stereocenters. The van der Waals surface area contributed by atoms with Gasteiger partial charge >= 0.3 is 23.9 Å². The fourth-order valence-corrected chi connectivity index (χ4v) is 0.611. The number of carbonyl (C=O) groups is 4. The SMILES string of the molecule is O=C(O)C(O)C(O)C(=O)O.O=C(O)C(O)C(O)C(=O)O.OCCCO. The molecule has 14 nitrogen and oxygen atoms in total. The van der Waals surface area contributed by atoms with Gasteiger partial charge in [-0.2, -0.15) is 0 Å². The van der Waals surface area contributed by atoms with Gasteiger partial charge in [-0.1, -0.05) is 0 Å². The number of carboxylic acids is 4. The Morgan fingerprint density at radius 1 is 0.520 bits per heavy atom. The van der Waals surface area contributed by atoms with Crippen molar-refractivity contribution in [2.45, 2.75) is 30.8 Å². The summed E-state index contributed by atoms with van der Waals surface area (Å²) in [4.78, 5) is 39.1. The van der Waals surface area contributed by atoms with E-state index in [0.29, 0.717) is 6.42 Å². The fraction of sp³-hybridized carbons (Fsp3) is 0.636. The minimum Gasteiger partial charge on any atom is -0.479 e. The van der Waals surface area contributed by atoms with Crippen LogP contribution in [0.3, 0.4) is 0 Å². The number of carboxylic acid groups (broad SMARTS) is 4. The lowest BCUT2D eigenvalue weighted by molar-refractivity contribution is -0.165. The molecule has 0 heterocycles. The summed E-state index contributed by atoms with van der Waals surface area (Å²) in [6.07, 6.45) is -8.56. The molecule has 0 spiro atoms. The van der Waals surface area contributed by atoms with E-state index in [4.69, 9.17) is 51.1 Å². The van der Waals surface area contributed by atoms with Crippen molar-refractivity contribution in [1.29, 1.82) is 0 Å². The third-order valence-electron chi connectivity index (χ3n) is 1.93. The van der Waals surface area contributed by atoms with Crippen LogP contribution < -0.4 is 0 Å². The lowest BCUT2D eigenvalue weighted by atomic mass is 10.2. The molecule has 0 aromatic rings. The monoisotopic (exact) mass is 376 g/mol. The molecule has 0 bridgehead atoms. The Kier molecular flexibility index (Phi) is 16.7. The number of hydrogen-bond donors (Lipinski definition) is 10. The average molecular weight is 376 g/mol. The third kappa shape index (κ3) is 14.9. The Hall–Kier alpha value is -2.36. The Morgan fingerprint density at radius 2 is 0.680 bits per heavy atom. The van der Waals surface area contributed by atoms with Crippen LogP contribution in [0.4, 0.5) is 0 Å². The van der Waals surface area contributed by atoms with E-state index in [1.54, 1.807) is 0 Å². The van der Waals surface area contributed by atoms with Gasteiger partial charge in [0.25, 0.3) is 0 Å². The number of hydrogen-bond acceptors (Lipinski definition) is 10. The summed E-state index contributed by atoms with van der Waals surface area (Å²) in [5.74, 6) is -7.07. The first-order chi connectivity index (χ1) is 11.3. The zero-order valence-electron chi connectivity index (χ0n) is 12.5. The highest BCUT2D eigenvalue weighted by Crippen LogP contribution is 1.93. The van der Waals surface area contributed by atoms with Crippen LogP contribution in [0.25, 0.3) is 0 Å². The maximum Gasteiger partial charge on any atom is 0.335 e. The van der Waals surface area contributed by atoms with Crippen molar-refractivity contribution in [3.8, 4) is 0 Å². The van der Waals surface area contributed by atoms with E-state index in [2.05, 4.69) is 0 Å². The predicted molar refractivity (Wildman–Crippen MR) is 73.4 cm³/mol. The van der Waals surface area contributed by atoms with Gasteiger partial charge in [0, 0.05) is 13.2 Å². The maximum absolute atomic E-state index is 9.77. The molecule has 0 saturated carbocycles. The van der Waals surface area contributed by atoms with E-state index in [9.17, 15) is 19.2 Å². The quantitative estimate of drug-likeness (QED) is 0.190. The third-order valence-corrected chi connectivity index (χ3v) is 1.93. The van der Waals surface area contributed by atoms with Crippen LogP contribution >= 0.6 is 0 Å². The van der Waals surface area contributed by atoms with E-state index in [1.807, 2.05) is 0 Å². The zero-order chi connectivity index (χ0) is 20.7. The Bertz CT molecular complexity index is 347. The molecule has 0 aliphatic heterocycles. The number of aliphatic hydroxyl groups is 6. The molecule has 4 atom stereocenters. The molecule has 0 aliphatic carbocycles. The van der Waals surface area contributed by atoms with Crippen molar-refractivity contribution in [2.24, 2.45) is 0 Å². The van der Waals surface area contributed by atoms with E-state index in [0.717, 1.165) is 0 Å². The summed E-state index contributed by atoms with van der Waals surface area (Å²) in [6.45, 7) is 0.188. The summed E-state index contributed by atoms with van der Waals surface area (Å²) >= 11 is 0. The van der Waals surface area contributed by atoms with Gasteiger partial charge in [0.2, 0.25) is 0 Å². The van der Waals surface area contributed by atoms with Gasteiger partial charge in [0.15, 0.2) is 24.4 Å². The molecule has 0 aromatic carbocycles. The molecule has 148 valence electrons. The smallest absolute Gasteiger partial charge is 0.335 e. The highest BCUT2D eigenvalue weighted by molar-refractivity contribution is 5.83. The first-order valence-corrected chi connectivity index (χ1v) is 6.20. The number of aliphatic carboxylic acids is 4. The first kappa shape index (κ1) is 27.5. The molecule has 10 N–H and O–H groups in total. The van der Waals surface area contributed by atoms with E-state index in [1.165, 1.54) is 0 Å². The largest absolute Gasteiger partial charge is 0.479 e. The standard InChI is InChI=1S/2C4H6O6.C3H8O2/c2*5-1(3(7)8)2(6)4(9)10;4-2-1-3-5/h2*1-2,5-6H,(H,7,8)(H,9,10);4-5H,1-3H2. The highest BCUT2D eigenvalue weighted by atomic mass is 16.4. The molecule has 14 heteroatoms. The summed E-state index contributed by atoms with van der Waals surface area (Å²) in [7, 11) is 0. The van der Waals surface area contributed by atoms with E-state index in [-0.39, 0.29) is 13.2 Å². The number of aliphatic hydroxyl groups excluding tert-OH is 6. The summed E-state index contributed by atoms with van der Waals surface area (Å²) in [6, 6.07) is 0. The van der Waals surface area contributed by atoms with Crippen LogP contribution in [-0.4, -0.2) is 113 Å². The van der Waals surface area contributed by atoms with Crippen LogP contribution in [0.1, 0.15) is 6.42 Å². The second-order valence-electron chi connectivity index (χ2n) is 3.93. The molecular formula is C11H20O14. The topological polar surface area (TPSA) is 271 Å². The minimum atomic E-state index is -2.27. The molecule has 0 radical (unpaired) electrons. The van der Waals surface area contributed by atoms with Crippen molar-refractivity contribution in [1.82, 2.24) is 0 Å². The normalized spacial score (nSPS) is 14.3. The van der Waals surface area contributed by atoms with Gasteiger partial charge in [-0.05, 0) is 6.42 Å². The summed E-state index contributed by atoms with van der Waals surface area (Å²) in [5.41, 5.74) is 0. The van der Waals surface area contributed by atoms with Crippen molar-refractivity contribution < 1.29 is 70.2 Å². The van der Waals surface area contributed by atoms with E-state index < -0.39 is 48.3 Å².